The molecule has 28 heavy (non-hydrogen) atoms. The Kier molecular flexibility index (Phi) is 6.54. The molecule has 1 aromatic carbocycles. The number of para-hydroxylation sites is 1. The number of hydrogen-bond acceptors (Lipinski definition) is 6. The first kappa shape index (κ1) is 19.8. The Hall–Kier alpha value is -3.00. The van der Waals surface area contributed by atoms with Crippen LogP contribution in [0.3, 0.4) is 0 Å². The molecule has 0 unspecified atom stereocenters. The Bertz CT molecular complexity index is 937. The maximum Gasteiger partial charge on any atom is 0.226 e. The van der Waals surface area contributed by atoms with Gasteiger partial charge in [0, 0.05) is 39.0 Å². The van der Waals surface area contributed by atoms with E-state index in [1.54, 1.807) is 23.3 Å². The summed E-state index contributed by atoms with van der Waals surface area (Å²) in [5.41, 5.74) is 1.62. The van der Waals surface area contributed by atoms with Gasteiger partial charge in [0.1, 0.15) is 0 Å². The smallest absolute Gasteiger partial charge is 0.226 e. The second kappa shape index (κ2) is 9.27. The van der Waals surface area contributed by atoms with E-state index in [2.05, 4.69) is 15.5 Å². The largest absolute Gasteiger partial charge is 0.342 e. The normalized spacial score (nSPS) is 10.6. The minimum absolute atomic E-state index is 0.0254. The number of carbonyl (C=O) groups excluding carboxylic acids is 2. The second-order valence-corrected chi connectivity index (χ2v) is 7.37. The fourth-order valence-electron chi connectivity index (χ4n) is 2.62. The molecule has 0 bridgehead atoms. The quantitative estimate of drug-likeness (QED) is 0.624. The van der Waals surface area contributed by atoms with Crippen LogP contribution in [0.25, 0.3) is 10.7 Å². The van der Waals surface area contributed by atoms with Gasteiger partial charge in [0.2, 0.25) is 23.5 Å². The van der Waals surface area contributed by atoms with E-state index in [1.807, 2.05) is 41.8 Å². The van der Waals surface area contributed by atoms with Crippen LogP contribution in [0.15, 0.2) is 46.3 Å². The molecule has 8 heteroatoms. The molecular formula is C20H22N4O3S. The Labute approximate surface area is 167 Å². The van der Waals surface area contributed by atoms with Crippen molar-refractivity contribution in [3.63, 3.8) is 0 Å². The van der Waals surface area contributed by atoms with Crippen LogP contribution in [-0.4, -0.2) is 33.9 Å². The molecule has 0 atom stereocenters. The number of benzene rings is 1. The number of thiophene rings is 1. The van der Waals surface area contributed by atoms with Crippen LogP contribution < -0.4 is 5.32 Å². The monoisotopic (exact) mass is 398 g/mol. The van der Waals surface area contributed by atoms with Crippen LogP contribution in [-0.2, 0) is 22.6 Å². The molecule has 0 aliphatic carbocycles. The van der Waals surface area contributed by atoms with Crippen LogP contribution >= 0.6 is 11.3 Å². The first-order chi connectivity index (χ1) is 13.5. The predicted molar refractivity (Wildman–Crippen MR) is 108 cm³/mol. The minimum atomic E-state index is -0.0871. The van der Waals surface area contributed by atoms with Gasteiger partial charge in [-0.3, -0.25) is 9.59 Å². The molecule has 2 heterocycles. The lowest BCUT2D eigenvalue weighted by molar-refractivity contribution is -0.128. The maximum absolute atomic E-state index is 12.3. The van der Waals surface area contributed by atoms with Gasteiger partial charge in [0.05, 0.1) is 4.88 Å². The Morgan fingerprint density at radius 2 is 2.04 bits per heavy atom. The van der Waals surface area contributed by atoms with Crippen molar-refractivity contribution in [3.8, 4) is 10.7 Å². The first-order valence-corrected chi connectivity index (χ1v) is 9.87. The molecule has 146 valence electrons. The third-order valence-electron chi connectivity index (χ3n) is 4.24. The summed E-state index contributed by atoms with van der Waals surface area (Å²) < 4.78 is 5.25. The molecule has 0 radical (unpaired) electrons. The van der Waals surface area contributed by atoms with E-state index in [9.17, 15) is 9.59 Å². The number of rotatable bonds is 8. The summed E-state index contributed by atoms with van der Waals surface area (Å²) in [7, 11) is 1.73. The van der Waals surface area contributed by atoms with E-state index < -0.39 is 0 Å². The van der Waals surface area contributed by atoms with Crippen molar-refractivity contribution < 1.29 is 14.1 Å². The lowest BCUT2D eigenvalue weighted by Crippen LogP contribution is -2.24. The molecule has 0 aliphatic heterocycles. The zero-order valence-electron chi connectivity index (χ0n) is 15.8. The van der Waals surface area contributed by atoms with Crippen molar-refractivity contribution in [1.29, 1.82) is 0 Å². The van der Waals surface area contributed by atoms with Gasteiger partial charge in [-0.2, -0.15) is 4.98 Å². The van der Waals surface area contributed by atoms with Gasteiger partial charge in [0.15, 0.2) is 0 Å². The lowest BCUT2D eigenvalue weighted by atomic mass is 10.1. The van der Waals surface area contributed by atoms with Crippen LogP contribution in [0.1, 0.15) is 31.2 Å². The molecular weight excluding hydrogens is 376 g/mol. The van der Waals surface area contributed by atoms with Gasteiger partial charge in [-0.25, -0.2) is 0 Å². The van der Waals surface area contributed by atoms with E-state index in [0.717, 1.165) is 16.1 Å². The van der Waals surface area contributed by atoms with Crippen LogP contribution in [0.2, 0.25) is 0 Å². The average Bonchev–Trinajstić information content (AvgIpc) is 3.34. The number of amides is 2. The van der Waals surface area contributed by atoms with Crippen molar-refractivity contribution in [2.24, 2.45) is 0 Å². The molecule has 2 amide bonds. The number of aryl methyl sites for hydroxylation is 1. The van der Waals surface area contributed by atoms with Crippen molar-refractivity contribution in [2.75, 3.05) is 12.4 Å². The van der Waals surface area contributed by atoms with E-state index in [4.69, 9.17) is 4.52 Å². The number of anilines is 1. The van der Waals surface area contributed by atoms with E-state index >= 15 is 0 Å². The molecule has 0 spiro atoms. The molecule has 2 aromatic heterocycles. The molecule has 0 saturated heterocycles. The Morgan fingerprint density at radius 3 is 2.79 bits per heavy atom. The number of aromatic nitrogens is 2. The van der Waals surface area contributed by atoms with Gasteiger partial charge in [-0.15, -0.1) is 11.3 Å². The summed E-state index contributed by atoms with van der Waals surface area (Å²) in [6.45, 7) is 1.96. The highest BCUT2D eigenvalue weighted by atomic mass is 32.1. The Balaban J connectivity index is 1.50. The number of nitrogens with zero attached hydrogens (tertiary/aromatic N) is 3. The highest BCUT2D eigenvalue weighted by Crippen LogP contribution is 2.22. The molecule has 1 N–H and O–H groups in total. The standard InChI is InChI=1S/C20H22N4O3S/c1-14(25)24(2)13-15-7-3-4-8-16(15)21-18(26)10-5-11-19-22-20(23-27-19)17-9-6-12-28-17/h3-4,6-9,12H,5,10-11,13H2,1-2H3,(H,21,26). The SMILES string of the molecule is CC(=O)N(C)Cc1ccccc1NC(=O)CCCc1nc(-c2cccs2)no1. The molecule has 7 nitrogen and oxygen atoms in total. The summed E-state index contributed by atoms with van der Waals surface area (Å²) in [6, 6.07) is 11.4. The fraction of sp³-hybridized carbons (Fsp3) is 0.300. The van der Waals surface area contributed by atoms with E-state index in [-0.39, 0.29) is 11.8 Å². The Morgan fingerprint density at radius 1 is 1.21 bits per heavy atom. The summed E-state index contributed by atoms with van der Waals surface area (Å²) in [6.07, 6.45) is 1.49. The van der Waals surface area contributed by atoms with Crippen molar-refractivity contribution in [3.05, 3.63) is 53.2 Å². The average molecular weight is 398 g/mol. The molecule has 0 fully saturated rings. The van der Waals surface area contributed by atoms with E-state index in [0.29, 0.717) is 37.5 Å². The third kappa shape index (κ3) is 5.26. The highest BCUT2D eigenvalue weighted by molar-refractivity contribution is 7.13. The summed E-state index contributed by atoms with van der Waals surface area (Å²) in [5, 5.41) is 8.86. The maximum atomic E-state index is 12.3. The number of hydrogen-bond donors (Lipinski definition) is 1. The lowest BCUT2D eigenvalue weighted by Gasteiger charge is -2.17. The summed E-state index contributed by atoms with van der Waals surface area (Å²) in [5.74, 6) is 0.996. The molecule has 0 aliphatic rings. The van der Waals surface area contributed by atoms with Crippen LogP contribution in [0.4, 0.5) is 5.69 Å². The van der Waals surface area contributed by atoms with Crippen LogP contribution in [0, 0.1) is 0 Å². The van der Waals surface area contributed by atoms with Gasteiger partial charge in [0.25, 0.3) is 0 Å². The first-order valence-electron chi connectivity index (χ1n) is 8.99. The number of nitrogens with one attached hydrogen (secondary N) is 1. The van der Waals surface area contributed by atoms with Crippen LogP contribution in [0.5, 0.6) is 0 Å². The fourth-order valence-corrected chi connectivity index (χ4v) is 3.27. The van der Waals surface area contributed by atoms with E-state index in [1.165, 1.54) is 6.92 Å². The van der Waals surface area contributed by atoms with Gasteiger partial charge < -0.3 is 14.7 Å². The van der Waals surface area contributed by atoms with Crippen molar-refractivity contribution in [1.82, 2.24) is 15.0 Å². The molecule has 0 saturated carbocycles. The predicted octanol–water partition coefficient (Wildman–Crippen LogP) is 3.74. The summed E-state index contributed by atoms with van der Waals surface area (Å²) >= 11 is 1.55. The minimum Gasteiger partial charge on any atom is -0.342 e. The van der Waals surface area contributed by atoms with Crippen molar-refractivity contribution >= 4 is 28.8 Å². The molecule has 3 rings (SSSR count). The topological polar surface area (TPSA) is 88.3 Å². The second-order valence-electron chi connectivity index (χ2n) is 6.42. The van der Waals surface area contributed by atoms with Gasteiger partial charge >= 0.3 is 0 Å². The number of carbonyl (C=O) groups is 2. The molecule has 3 aromatic rings. The van der Waals surface area contributed by atoms with Gasteiger partial charge in [-0.05, 0) is 29.5 Å². The highest BCUT2D eigenvalue weighted by Gasteiger charge is 2.12. The van der Waals surface area contributed by atoms with Gasteiger partial charge in [-0.1, -0.05) is 29.4 Å². The zero-order chi connectivity index (χ0) is 19.9. The van der Waals surface area contributed by atoms with Crippen molar-refractivity contribution in [2.45, 2.75) is 32.7 Å². The summed E-state index contributed by atoms with van der Waals surface area (Å²) in [4.78, 5) is 30.7. The zero-order valence-corrected chi connectivity index (χ0v) is 16.7. The third-order valence-corrected chi connectivity index (χ3v) is 5.11.